The molecule has 1 unspecified atom stereocenters. The van der Waals surface area contributed by atoms with E-state index in [0.29, 0.717) is 18.5 Å². The van der Waals surface area contributed by atoms with Crippen LogP contribution in [0.1, 0.15) is 54.4 Å². The molecule has 0 aromatic rings. The third-order valence-electron chi connectivity index (χ3n) is 3.00. The van der Waals surface area contributed by atoms with Crippen LogP contribution in [0.15, 0.2) is 4.99 Å². The van der Waals surface area contributed by atoms with Crippen LogP contribution in [0.25, 0.3) is 0 Å². The second kappa shape index (κ2) is 11.5. The van der Waals surface area contributed by atoms with Gasteiger partial charge in [-0.05, 0) is 46.5 Å². The number of halogens is 1. The highest BCUT2D eigenvalue weighted by Gasteiger charge is 2.22. The molecule has 3 N–H and O–H groups in total. The first-order valence-electron chi connectivity index (χ1n) is 7.99. The Balaban J connectivity index is 0. The third-order valence-corrected chi connectivity index (χ3v) is 3.92. The molecule has 0 aromatic carbocycles. The van der Waals surface area contributed by atoms with Gasteiger partial charge in [0.15, 0.2) is 5.96 Å². The first-order chi connectivity index (χ1) is 9.95. The molecule has 140 valence electrons. The van der Waals surface area contributed by atoms with Crippen LogP contribution in [0.5, 0.6) is 0 Å². The summed E-state index contributed by atoms with van der Waals surface area (Å²) in [5, 5.41) is 6.57. The van der Waals surface area contributed by atoms with Gasteiger partial charge < -0.3 is 10.6 Å². The van der Waals surface area contributed by atoms with E-state index < -0.39 is 15.6 Å². The van der Waals surface area contributed by atoms with E-state index in [2.05, 4.69) is 41.1 Å². The van der Waals surface area contributed by atoms with E-state index >= 15 is 0 Å². The summed E-state index contributed by atoms with van der Waals surface area (Å²) in [6.07, 6.45) is 3.40. The second-order valence-electron chi connectivity index (χ2n) is 6.97. The molecule has 0 saturated carbocycles. The average molecular weight is 462 g/mol. The van der Waals surface area contributed by atoms with Crippen LogP contribution in [-0.2, 0) is 10.0 Å². The van der Waals surface area contributed by atoms with Crippen molar-refractivity contribution < 1.29 is 8.42 Å². The van der Waals surface area contributed by atoms with Gasteiger partial charge >= 0.3 is 0 Å². The van der Waals surface area contributed by atoms with Crippen molar-refractivity contribution in [2.45, 2.75) is 66.0 Å². The van der Waals surface area contributed by atoms with E-state index in [-0.39, 0.29) is 24.0 Å². The van der Waals surface area contributed by atoms with Gasteiger partial charge in [0.05, 0.1) is 12.8 Å². The molecule has 23 heavy (non-hydrogen) atoms. The zero-order valence-electron chi connectivity index (χ0n) is 15.6. The molecule has 0 spiro atoms. The van der Waals surface area contributed by atoms with Gasteiger partial charge in [-0.2, -0.15) is 0 Å². The maximum absolute atomic E-state index is 11.4. The van der Waals surface area contributed by atoms with Crippen molar-refractivity contribution in [1.29, 1.82) is 0 Å². The molecular formula is C15H35IN4O2S. The Morgan fingerprint density at radius 3 is 2.17 bits per heavy atom. The van der Waals surface area contributed by atoms with Gasteiger partial charge in [0.1, 0.15) is 0 Å². The van der Waals surface area contributed by atoms with Crippen molar-refractivity contribution in [3.63, 3.8) is 0 Å². The molecular weight excluding hydrogens is 427 g/mol. The minimum absolute atomic E-state index is 0. The Kier molecular flexibility index (Phi) is 12.5. The molecule has 0 aliphatic carbocycles. The number of nitrogens with one attached hydrogen (secondary N) is 3. The largest absolute Gasteiger partial charge is 0.357 e. The summed E-state index contributed by atoms with van der Waals surface area (Å²) >= 11 is 0. The Morgan fingerprint density at radius 2 is 1.74 bits per heavy atom. The van der Waals surface area contributed by atoms with E-state index in [1.807, 2.05) is 20.8 Å². The van der Waals surface area contributed by atoms with Crippen LogP contribution < -0.4 is 15.4 Å². The standard InChI is InChI=1S/C15H34N4O2S.HI/c1-8-16-14(18-13(4)10-9-12(2)3)17-11-15(5,6)19-22(7,20)21;/h12-13,19H,8-11H2,1-7H3,(H2,16,17,18);1H. The molecule has 0 fully saturated rings. The normalized spacial score (nSPS) is 14.3. The van der Waals surface area contributed by atoms with Gasteiger partial charge in [-0.1, -0.05) is 13.8 Å². The molecule has 0 saturated heterocycles. The number of nitrogens with zero attached hydrogens (tertiary/aromatic N) is 1. The molecule has 0 aliphatic rings. The van der Waals surface area contributed by atoms with Gasteiger partial charge in [0, 0.05) is 18.1 Å². The molecule has 6 nitrogen and oxygen atoms in total. The van der Waals surface area contributed by atoms with E-state index in [0.717, 1.165) is 31.6 Å². The van der Waals surface area contributed by atoms with Crippen molar-refractivity contribution in [1.82, 2.24) is 15.4 Å². The minimum Gasteiger partial charge on any atom is -0.357 e. The molecule has 0 aliphatic heterocycles. The lowest BCUT2D eigenvalue weighted by Gasteiger charge is -2.24. The Bertz CT molecular complexity index is 450. The number of guanidine groups is 1. The zero-order chi connectivity index (χ0) is 17.4. The topological polar surface area (TPSA) is 82.6 Å². The lowest BCUT2D eigenvalue weighted by atomic mass is 10.0. The monoisotopic (exact) mass is 462 g/mol. The average Bonchev–Trinajstić information content (AvgIpc) is 2.31. The first kappa shape index (κ1) is 25.2. The van der Waals surface area contributed by atoms with E-state index in [1.165, 1.54) is 0 Å². The number of sulfonamides is 1. The fraction of sp³-hybridized carbons (Fsp3) is 0.933. The van der Waals surface area contributed by atoms with Gasteiger partial charge in [-0.3, -0.25) is 4.99 Å². The number of rotatable bonds is 9. The number of hydrogen-bond acceptors (Lipinski definition) is 3. The first-order valence-corrected chi connectivity index (χ1v) is 9.88. The molecule has 0 rings (SSSR count). The van der Waals surface area contributed by atoms with Crippen molar-refractivity contribution in [2.75, 3.05) is 19.3 Å². The van der Waals surface area contributed by atoms with Crippen molar-refractivity contribution in [3.05, 3.63) is 0 Å². The predicted octanol–water partition coefficient (Wildman–Crippen LogP) is 2.31. The van der Waals surface area contributed by atoms with Crippen LogP contribution in [0.4, 0.5) is 0 Å². The third kappa shape index (κ3) is 15.2. The highest BCUT2D eigenvalue weighted by atomic mass is 127. The summed E-state index contributed by atoms with van der Waals surface area (Å²) in [6.45, 7) is 13.4. The molecule has 0 bridgehead atoms. The summed E-state index contributed by atoms with van der Waals surface area (Å²) in [4.78, 5) is 4.50. The Labute approximate surface area is 159 Å². The van der Waals surface area contributed by atoms with Crippen molar-refractivity contribution in [2.24, 2.45) is 10.9 Å². The van der Waals surface area contributed by atoms with Crippen LogP contribution >= 0.6 is 24.0 Å². The van der Waals surface area contributed by atoms with Gasteiger partial charge in [-0.15, -0.1) is 24.0 Å². The summed E-state index contributed by atoms with van der Waals surface area (Å²) < 4.78 is 25.3. The molecule has 0 radical (unpaired) electrons. The van der Waals surface area contributed by atoms with Crippen molar-refractivity contribution in [3.8, 4) is 0 Å². The summed E-state index contributed by atoms with van der Waals surface area (Å²) in [7, 11) is -3.24. The van der Waals surface area contributed by atoms with Gasteiger partial charge in [0.2, 0.25) is 10.0 Å². The fourth-order valence-corrected chi connectivity index (χ4v) is 3.09. The van der Waals surface area contributed by atoms with Gasteiger partial charge in [0.25, 0.3) is 0 Å². The highest BCUT2D eigenvalue weighted by molar-refractivity contribution is 14.0. The van der Waals surface area contributed by atoms with Crippen molar-refractivity contribution >= 4 is 40.0 Å². The second-order valence-corrected chi connectivity index (χ2v) is 8.72. The number of hydrogen-bond donors (Lipinski definition) is 3. The summed E-state index contributed by atoms with van der Waals surface area (Å²) in [5.74, 6) is 1.41. The quantitative estimate of drug-likeness (QED) is 0.279. The van der Waals surface area contributed by atoms with Crippen LogP contribution in [0, 0.1) is 5.92 Å². The lowest BCUT2D eigenvalue weighted by Crippen LogP contribution is -2.47. The summed E-state index contributed by atoms with van der Waals surface area (Å²) in [5.41, 5.74) is -0.614. The van der Waals surface area contributed by atoms with Crippen LogP contribution in [0.2, 0.25) is 0 Å². The minimum atomic E-state index is -3.24. The molecule has 0 aromatic heterocycles. The lowest BCUT2D eigenvalue weighted by molar-refractivity contribution is 0.461. The maximum Gasteiger partial charge on any atom is 0.209 e. The SMILES string of the molecule is CCNC(=NCC(C)(C)NS(C)(=O)=O)NC(C)CCC(C)C.I. The van der Waals surface area contributed by atoms with Crippen LogP contribution in [-0.4, -0.2) is 45.3 Å². The van der Waals surface area contributed by atoms with Gasteiger partial charge in [-0.25, -0.2) is 13.1 Å². The highest BCUT2D eigenvalue weighted by Crippen LogP contribution is 2.07. The Hall–Kier alpha value is -0.0900. The molecule has 8 heteroatoms. The smallest absolute Gasteiger partial charge is 0.209 e. The van der Waals surface area contributed by atoms with E-state index in [1.54, 1.807) is 0 Å². The predicted molar refractivity (Wildman–Crippen MR) is 110 cm³/mol. The zero-order valence-corrected chi connectivity index (χ0v) is 18.7. The van der Waals surface area contributed by atoms with E-state index in [4.69, 9.17) is 0 Å². The van der Waals surface area contributed by atoms with Crippen LogP contribution in [0.3, 0.4) is 0 Å². The molecule has 0 heterocycles. The Morgan fingerprint density at radius 1 is 1.17 bits per heavy atom. The number of aliphatic imine (C=N–C) groups is 1. The van der Waals surface area contributed by atoms with E-state index in [9.17, 15) is 8.42 Å². The molecule has 0 amide bonds. The summed E-state index contributed by atoms with van der Waals surface area (Å²) in [6, 6.07) is 0.325. The molecule has 1 atom stereocenters. The fourth-order valence-electron chi connectivity index (χ4n) is 2.02. The maximum atomic E-state index is 11.4.